The van der Waals surface area contributed by atoms with Gasteiger partial charge in [0.25, 0.3) is 5.91 Å². The molecular weight excluding hydrogens is 306 g/mol. The molecule has 0 aliphatic carbocycles. The molecule has 3 aromatic rings. The van der Waals surface area contributed by atoms with E-state index in [0.717, 1.165) is 20.4 Å². The van der Waals surface area contributed by atoms with Gasteiger partial charge in [0.1, 0.15) is 0 Å². The zero-order valence-corrected chi connectivity index (χ0v) is 13.0. The first kappa shape index (κ1) is 14.4. The maximum atomic E-state index is 12.8. The van der Waals surface area contributed by atoms with Crippen molar-refractivity contribution in [2.45, 2.75) is 19.4 Å². The molecule has 6 nitrogen and oxygen atoms in total. The molecule has 1 aliphatic heterocycles. The molecule has 0 saturated heterocycles. The molecule has 0 amide bonds. The fraction of sp³-hybridized carbons (Fsp3) is 0.167. The Morgan fingerprint density at radius 1 is 0.875 bits per heavy atom. The van der Waals surface area contributed by atoms with Crippen LogP contribution in [0.4, 0.5) is 0 Å². The van der Waals surface area contributed by atoms with Gasteiger partial charge in [-0.25, -0.2) is 18.8 Å². The van der Waals surface area contributed by atoms with E-state index in [9.17, 15) is 14.4 Å². The molecule has 0 saturated carbocycles. The smallest absolute Gasteiger partial charge is 0.272 e. The fourth-order valence-electron chi connectivity index (χ4n) is 3.14. The lowest BCUT2D eigenvalue weighted by molar-refractivity contribution is 0.0910. The van der Waals surface area contributed by atoms with Crippen LogP contribution in [0, 0.1) is 6.92 Å². The van der Waals surface area contributed by atoms with Crippen molar-refractivity contribution in [3.63, 3.8) is 0 Å². The third-order valence-corrected chi connectivity index (χ3v) is 4.35. The second-order valence-corrected chi connectivity index (χ2v) is 5.92. The first-order valence-corrected chi connectivity index (χ1v) is 7.69. The molecule has 1 aliphatic rings. The highest BCUT2D eigenvalue weighted by atomic mass is 16.2. The number of hydrogen-bond acceptors (Lipinski definition) is 3. The van der Waals surface area contributed by atoms with Crippen LogP contribution in [0.1, 0.15) is 28.4 Å². The summed E-state index contributed by atoms with van der Waals surface area (Å²) in [6.45, 7) is 1.97. The van der Waals surface area contributed by atoms with Gasteiger partial charge in [-0.3, -0.25) is 4.79 Å². The number of para-hydroxylation sites is 1. The summed E-state index contributed by atoms with van der Waals surface area (Å²) >= 11 is 0. The van der Waals surface area contributed by atoms with Crippen molar-refractivity contribution in [3.8, 4) is 5.69 Å². The number of benzene rings is 2. The van der Waals surface area contributed by atoms with Gasteiger partial charge >= 0.3 is 11.4 Å². The van der Waals surface area contributed by atoms with E-state index in [4.69, 9.17) is 0 Å². The molecule has 1 unspecified atom stereocenters. The number of carbonyl (C=O) groups excluding carboxylic acids is 1. The van der Waals surface area contributed by atoms with Crippen molar-refractivity contribution < 1.29 is 4.79 Å². The predicted octanol–water partition coefficient (Wildman–Crippen LogP) is 1.74. The molecule has 0 spiro atoms. The van der Waals surface area contributed by atoms with Crippen molar-refractivity contribution in [2.75, 3.05) is 0 Å². The predicted molar refractivity (Wildman–Crippen MR) is 88.9 cm³/mol. The average Bonchev–Trinajstić information content (AvgIpc) is 3.06. The highest BCUT2D eigenvalue weighted by Gasteiger charge is 2.35. The summed E-state index contributed by atoms with van der Waals surface area (Å²) in [5.41, 5.74) is 1.27. The standard InChI is InChI=1S/C18H15N3O3/c1-12-7-9-13(10-8-12)15-11-16(22)21-18(24)19(17(23)20(15)21)14-5-3-2-4-6-14/h2-10,15H,11H2,1H3. The van der Waals surface area contributed by atoms with Gasteiger partial charge < -0.3 is 0 Å². The Morgan fingerprint density at radius 3 is 2.21 bits per heavy atom. The van der Waals surface area contributed by atoms with E-state index in [1.54, 1.807) is 30.3 Å². The molecule has 2 aromatic carbocycles. The van der Waals surface area contributed by atoms with Crippen molar-refractivity contribution in [3.05, 3.63) is 86.7 Å². The Kier molecular flexibility index (Phi) is 3.13. The number of nitrogens with zero attached hydrogens (tertiary/aromatic N) is 3. The average molecular weight is 321 g/mol. The molecular formula is C18H15N3O3. The van der Waals surface area contributed by atoms with Gasteiger partial charge in [-0.1, -0.05) is 48.0 Å². The maximum absolute atomic E-state index is 12.8. The minimum absolute atomic E-state index is 0.114. The van der Waals surface area contributed by atoms with E-state index >= 15 is 0 Å². The second-order valence-electron chi connectivity index (χ2n) is 5.92. The van der Waals surface area contributed by atoms with E-state index in [-0.39, 0.29) is 12.3 Å². The van der Waals surface area contributed by atoms with Crippen LogP contribution in [0.15, 0.2) is 64.2 Å². The Morgan fingerprint density at radius 2 is 1.54 bits per heavy atom. The van der Waals surface area contributed by atoms with E-state index in [1.807, 2.05) is 31.2 Å². The first-order chi connectivity index (χ1) is 11.6. The summed E-state index contributed by atoms with van der Waals surface area (Å²) in [5, 5.41) is 0. The van der Waals surface area contributed by atoms with Crippen LogP contribution >= 0.6 is 0 Å². The van der Waals surface area contributed by atoms with Crippen LogP contribution in [-0.2, 0) is 0 Å². The number of rotatable bonds is 2. The largest absolute Gasteiger partial charge is 0.359 e. The SMILES string of the molecule is Cc1ccc(C2CC(=O)n3c(=O)n(-c4ccccc4)c(=O)n32)cc1. The molecule has 1 aromatic heterocycles. The summed E-state index contributed by atoms with van der Waals surface area (Å²) in [4.78, 5) is 37.8. The number of carbonyl (C=O) groups is 1. The molecule has 1 atom stereocenters. The van der Waals surface area contributed by atoms with Crippen molar-refractivity contribution in [1.82, 2.24) is 13.9 Å². The number of aromatic nitrogens is 3. The van der Waals surface area contributed by atoms with Gasteiger partial charge in [-0.2, -0.15) is 4.68 Å². The van der Waals surface area contributed by atoms with Crippen LogP contribution in [0.2, 0.25) is 0 Å². The number of fused-ring (bicyclic) bond motifs is 1. The van der Waals surface area contributed by atoms with Gasteiger partial charge in [0, 0.05) is 0 Å². The quantitative estimate of drug-likeness (QED) is 0.722. The minimum atomic E-state index is -0.620. The summed E-state index contributed by atoms with van der Waals surface area (Å²) in [6, 6.07) is 15.8. The zero-order chi connectivity index (χ0) is 16.8. The monoisotopic (exact) mass is 321 g/mol. The van der Waals surface area contributed by atoms with Crippen molar-refractivity contribution >= 4 is 5.91 Å². The third-order valence-electron chi connectivity index (χ3n) is 4.35. The van der Waals surface area contributed by atoms with Crippen LogP contribution in [0.3, 0.4) is 0 Å². The van der Waals surface area contributed by atoms with E-state index < -0.39 is 17.4 Å². The van der Waals surface area contributed by atoms with E-state index in [2.05, 4.69) is 0 Å². The van der Waals surface area contributed by atoms with Crippen LogP contribution in [-0.4, -0.2) is 19.8 Å². The van der Waals surface area contributed by atoms with Gasteiger partial charge in [0.15, 0.2) is 0 Å². The van der Waals surface area contributed by atoms with Gasteiger partial charge in [0.05, 0.1) is 18.2 Å². The lowest BCUT2D eigenvalue weighted by Crippen LogP contribution is -2.30. The minimum Gasteiger partial charge on any atom is -0.272 e. The molecule has 0 radical (unpaired) electrons. The second kappa shape index (κ2) is 5.19. The molecule has 0 N–H and O–H groups in total. The molecule has 2 heterocycles. The van der Waals surface area contributed by atoms with Crippen molar-refractivity contribution in [1.29, 1.82) is 0 Å². The van der Waals surface area contributed by atoms with Gasteiger partial charge in [0.2, 0.25) is 0 Å². The van der Waals surface area contributed by atoms with Crippen LogP contribution in [0.5, 0.6) is 0 Å². The highest BCUT2D eigenvalue weighted by Crippen LogP contribution is 2.26. The van der Waals surface area contributed by atoms with Crippen LogP contribution < -0.4 is 11.4 Å². The van der Waals surface area contributed by atoms with Gasteiger partial charge in [-0.15, -0.1) is 0 Å². The summed E-state index contributed by atoms with van der Waals surface area (Å²) in [5.74, 6) is -0.364. The maximum Gasteiger partial charge on any atom is 0.359 e. The summed E-state index contributed by atoms with van der Waals surface area (Å²) in [6.07, 6.45) is 0.114. The summed E-state index contributed by atoms with van der Waals surface area (Å²) in [7, 11) is 0. The molecule has 24 heavy (non-hydrogen) atoms. The van der Waals surface area contributed by atoms with E-state index in [0.29, 0.717) is 5.69 Å². The third kappa shape index (κ3) is 2.00. The molecule has 4 rings (SSSR count). The zero-order valence-electron chi connectivity index (χ0n) is 13.0. The first-order valence-electron chi connectivity index (χ1n) is 7.69. The lowest BCUT2D eigenvalue weighted by atomic mass is 10.0. The van der Waals surface area contributed by atoms with Crippen molar-refractivity contribution in [2.24, 2.45) is 0 Å². The molecule has 120 valence electrons. The summed E-state index contributed by atoms with van der Waals surface area (Å²) < 4.78 is 3.26. The molecule has 6 heteroatoms. The Labute approximate surface area is 137 Å². The Hall–Kier alpha value is -3.15. The fourth-order valence-corrected chi connectivity index (χ4v) is 3.14. The van der Waals surface area contributed by atoms with E-state index in [1.165, 1.54) is 4.68 Å². The normalized spacial score (nSPS) is 16.4. The Balaban J connectivity index is 1.94. The lowest BCUT2D eigenvalue weighted by Gasteiger charge is -2.10. The van der Waals surface area contributed by atoms with Crippen LogP contribution in [0.25, 0.3) is 5.69 Å². The number of aryl methyl sites for hydroxylation is 1. The topological polar surface area (TPSA) is 66.0 Å². The molecule has 0 bridgehead atoms. The van der Waals surface area contributed by atoms with Gasteiger partial charge in [-0.05, 0) is 24.6 Å². The molecule has 0 fully saturated rings. The Bertz CT molecular complexity index is 1040. The highest BCUT2D eigenvalue weighted by molar-refractivity contribution is 5.80. The number of hydrogen-bond donors (Lipinski definition) is 0.